The molecule has 0 amide bonds. The molecular weight excluding hydrogens is 263 g/mol. The first-order valence-electron chi connectivity index (χ1n) is 5.13. The molecule has 0 aliphatic carbocycles. The van der Waals surface area contributed by atoms with Crippen molar-refractivity contribution in [1.29, 1.82) is 0 Å². The fourth-order valence-corrected chi connectivity index (χ4v) is 2.24. The van der Waals surface area contributed by atoms with Crippen LogP contribution in [-0.2, 0) is 19.6 Å². The zero-order valence-corrected chi connectivity index (χ0v) is 10.5. The highest BCUT2D eigenvalue weighted by Crippen LogP contribution is 2.07. The smallest absolute Gasteiger partial charge is 0.305 e. The van der Waals surface area contributed by atoms with Crippen LogP contribution in [0.3, 0.4) is 0 Å². The second-order valence-electron chi connectivity index (χ2n) is 3.45. The monoisotopic (exact) mass is 276 g/mol. The van der Waals surface area contributed by atoms with Gasteiger partial charge < -0.3 is 4.74 Å². The van der Waals surface area contributed by atoms with E-state index in [-0.39, 0.29) is 24.4 Å². The summed E-state index contributed by atoms with van der Waals surface area (Å²) >= 11 is 0. The Labute approximate surface area is 104 Å². The number of ether oxygens (including phenoxy) is 1. The van der Waals surface area contributed by atoms with Crippen LogP contribution >= 0.6 is 0 Å². The van der Waals surface area contributed by atoms with Crippen LogP contribution in [0.15, 0.2) is 18.2 Å². The van der Waals surface area contributed by atoms with E-state index in [0.717, 1.165) is 6.07 Å². The van der Waals surface area contributed by atoms with E-state index in [4.69, 9.17) is 0 Å². The molecule has 0 fully saturated rings. The van der Waals surface area contributed by atoms with Gasteiger partial charge in [0.2, 0.25) is 16.0 Å². The Morgan fingerprint density at radius 2 is 2.22 bits per heavy atom. The molecule has 8 heteroatoms. The maximum atomic E-state index is 12.7. The number of nitrogens with one attached hydrogen (secondary N) is 1. The van der Waals surface area contributed by atoms with Gasteiger partial charge in [0, 0.05) is 6.42 Å². The lowest BCUT2D eigenvalue weighted by Crippen LogP contribution is -2.18. The number of halogens is 1. The number of carbonyl (C=O) groups is 1. The van der Waals surface area contributed by atoms with E-state index in [1.807, 2.05) is 0 Å². The van der Waals surface area contributed by atoms with Gasteiger partial charge in [-0.15, -0.1) is 0 Å². The largest absolute Gasteiger partial charge is 0.469 e. The number of nitrogens with zero attached hydrogens (tertiary/aromatic N) is 1. The average Bonchev–Trinajstić information content (AvgIpc) is 2.27. The molecule has 0 spiro atoms. The van der Waals surface area contributed by atoms with E-state index in [2.05, 4.69) is 14.4 Å². The summed E-state index contributed by atoms with van der Waals surface area (Å²) in [5, 5.41) is 0. The Morgan fingerprint density at radius 3 is 2.83 bits per heavy atom. The topological polar surface area (TPSA) is 85.4 Å². The average molecular weight is 276 g/mol. The van der Waals surface area contributed by atoms with Gasteiger partial charge in [0.15, 0.2) is 0 Å². The van der Waals surface area contributed by atoms with Gasteiger partial charge in [0.1, 0.15) is 5.82 Å². The molecule has 0 bridgehead atoms. The molecular formula is C10H13FN2O4S. The summed E-state index contributed by atoms with van der Waals surface area (Å²) in [5.41, 5.74) is 0. The molecule has 0 saturated heterocycles. The van der Waals surface area contributed by atoms with E-state index < -0.39 is 21.9 Å². The molecule has 0 aromatic carbocycles. The Kier molecular flexibility index (Phi) is 5.02. The number of anilines is 1. The van der Waals surface area contributed by atoms with Crippen molar-refractivity contribution in [2.24, 2.45) is 0 Å². The van der Waals surface area contributed by atoms with E-state index in [0.29, 0.717) is 0 Å². The van der Waals surface area contributed by atoms with Crippen LogP contribution in [0.2, 0.25) is 0 Å². The molecule has 6 nitrogen and oxygen atoms in total. The second kappa shape index (κ2) is 6.29. The third-order valence-corrected chi connectivity index (χ3v) is 3.34. The third-order valence-electron chi connectivity index (χ3n) is 2.00. The molecule has 0 radical (unpaired) electrons. The van der Waals surface area contributed by atoms with Crippen molar-refractivity contribution in [3.63, 3.8) is 0 Å². The molecule has 0 aliphatic rings. The van der Waals surface area contributed by atoms with Gasteiger partial charge in [-0.1, -0.05) is 6.07 Å². The van der Waals surface area contributed by atoms with E-state index >= 15 is 0 Å². The van der Waals surface area contributed by atoms with E-state index in [1.54, 1.807) is 0 Å². The summed E-state index contributed by atoms with van der Waals surface area (Å²) in [7, 11) is -2.41. The zero-order valence-electron chi connectivity index (χ0n) is 9.72. The Bertz CT molecular complexity index is 518. The molecule has 1 N–H and O–H groups in total. The minimum atomic E-state index is -3.64. The first-order chi connectivity index (χ1) is 8.43. The normalized spacial score (nSPS) is 11.0. The summed E-state index contributed by atoms with van der Waals surface area (Å²) in [6.07, 6.45) is 0.130. The molecule has 0 atom stereocenters. The van der Waals surface area contributed by atoms with Crippen LogP contribution in [-0.4, -0.2) is 32.2 Å². The minimum Gasteiger partial charge on any atom is -0.469 e. The standard InChI is InChI=1S/C10H13FN2O4S/c1-17-10(14)6-3-7-18(15,16)13-9-5-2-4-8(11)12-9/h2,4-5H,3,6-7H2,1H3,(H,12,13). The third kappa shape index (κ3) is 5.09. The first-order valence-corrected chi connectivity index (χ1v) is 6.78. The molecule has 1 aromatic rings. The molecule has 1 aromatic heterocycles. The van der Waals surface area contributed by atoms with Crippen molar-refractivity contribution in [2.75, 3.05) is 17.6 Å². The van der Waals surface area contributed by atoms with Crippen molar-refractivity contribution in [2.45, 2.75) is 12.8 Å². The molecule has 1 heterocycles. The minimum absolute atomic E-state index is 0.00793. The number of hydrogen-bond donors (Lipinski definition) is 1. The number of hydrogen-bond acceptors (Lipinski definition) is 5. The fraction of sp³-hybridized carbons (Fsp3) is 0.400. The zero-order chi connectivity index (χ0) is 13.6. The maximum Gasteiger partial charge on any atom is 0.305 e. The number of rotatable bonds is 6. The highest BCUT2D eigenvalue weighted by atomic mass is 32.2. The molecule has 1 rings (SSSR count). The van der Waals surface area contributed by atoms with Crippen molar-refractivity contribution >= 4 is 21.8 Å². The van der Waals surface area contributed by atoms with Crippen LogP contribution in [0.4, 0.5) is 10.2 Å². The SMILES string of the molecule is COC(=O)CCCS(=O)(=O)Nc1cccc(F)n1. The first kappa shape index (κ1) is 14.4. The summed E-state index contributed by atoms with van der Waals surface area (Å²) in [4.78, 5) is 14.2. The number of pyridine rings is 1. The number of sulfonamides is 1. The van der Waals surface area contributed by atoms with Crippen molar-refractivity contribution in [1.82, 2.24) is 4.98 Å². The molecule has 0 unspecified atom stereocenters. The Morgan fingerprint density at radius 1 is 1.50 bits per heavy atom. The van der Waals surface area contributed by atoms with E-state index in [1.165, 1.54) is 19.2 Å². The van der Waals surface area contributed by atoms with Gasteiger partial charge in [-0.3, -0.25) is 9.52 Å². The predicted molar refractivity (Wildman–Crippen MR) is 62.9 cm³/mol. The van der Waals surface area contributed by atoms with Crippen LogP contribution in [0.25, 0.3) is 0 Å². The van der Waals surface area contributed by atoms with Crippen LogP contribution in [0.5, 0.6) is 0 Å². The van der Waals surface area contributed by atoms with Gasteiger partial charge in [0.05, 0.1) is 12.9 Å². The highest BCUT2D eigenvalue weighted by Gasteiger charge is 2.12. The molecule has 100 valence electrons. The predicted octanol–water partition coefficient (Wildman–Crippen LogP) is 0.916. The van der Waals surface area contributed by atoms with Gasteiger partial charge in [-0.05, 0) is 18.6 Å². The number of carbonyl (C=O) groups excluding carboxylic acids is 1. The number of methoxy groups -OCH3 is 1. The van der Waals surface area contributed by atoms with Crippen molar-refractivity contribution < 1.29 is 22.3 Å². The molecule has 18 heavy (non-hydrogen) atoms. The van der Waals surface area contributed by atoms with Crippen LogP contribution in [0, 0.1) is 5.95 Å². The van der Waals surface area contributed by atoms with Crippen LogP contribution in [0.1, 0.15) is 12.8 Å². The Hall–Kier alpha value is -1.70. The quantitative estimate of drug-likeness (QED) is 0.616. The van der Waals surface area contributed by atoms with Crippen molar-refractivity contribution in [3.8, 4) is 0 Å². The van der Waals surface area contributed by atoms with E-state index in [9.17, 15) is 17.6 Å². The van der Waals surface area contributed by atoms with Gasteiger partial charge in [0.25, 0.3) is 0 Å². The summed E-state index contributed by atoms with van der Waals surface area (Å²) in [6.45, 7) is 0. The second-order valence-corrected chi connectivity index (χ2v) is 5.29. The van der Waals surface area contributed by atoms with Crippen molar-refractivity contribution in [3.05, 3.63) is 24.1 Å². The van der Waals surface area contributed by atoms with Gasteiger partial charge >= 0.3 is 5.97 Å². The van der Waals surface area contributed by atoms with Gasteiger partial charge in [-0.25, -0.2) is 13.4 Å². The highest BCUT2D eigenvalue weighted by molar-refractivity contribution is 7.92. The van der Waals surface area contributed by atoms with Crippen LogP contribution < -0.4 is 4.72 Å². The summed E-state index contributed by atoms with van der Waals surface area (Å²) in [6, 6.07) is 3.78. The summed E-state index contributed by atoms with van der Waals surface area (Å²) < 4.78 is 42.4. The molecule has 0 aliphatic heterocycles. The number of esters is 1. The number of aromatic nitrogens is 1. The lowest BCUT2D eigenvalue weighted by molar-refractivity contribution is -0.140. The Balaban J connectivity index is 2.52. The van der Waals surface area contributed by atoms with Gasteiger partial charge in [-0.2, -0.15) is 4.39 Å². The fourth-order valence-electron chi connectivity index (χ4n) is 1.18. The molecule has 0 saturated carbocycles. The maximum absolute atomic E-state index is 12.7. The lowest BCUT2D eigenvalue weighted by Gasteiger charge is -2.06. The summed E-state index contributed by atoms with van der Waals surface area (Å²) in [5.74, 6) is -1.60. The lowest BCUT2D eigenvalue weighted by atomic mass is 10.3.